The second kappa shape index (κ2) is 7.36. The van der Waals surface area contributed by atoms with E-state index in [0.29, 0.717) is 5.01 Å². The van der Waals surface area contributed by atoms with Gasteiger partial charge in [-0.2, -0.15) is 5.10 Å². The molecule has 4 rings (SSSR count). The molecule has 0 bridgehead atoms. The Bertz CT molecular complexity index is 1160. The zero-order valence-corrected chi connectivity index (χ0v) is 16.2. The van der Waals surface area contributed by atoms with E-state index in [9.17, 15) is 9.59 Å². The summed E-state index contributed by atoms with van der Waals surface area (Å²) in [4.78, 5) is 30.0. The van der Waals surface area contributed by atoms with Gasteiger partial charge in [0.05, 0.1) is 28.1 Å². The number of carbonyl (C=O) groups is 2. The van der Waals surface area contributed by atoms with Crippen molar-refractivity contribution in [2.45, 2.75) is 13.8 Å². The SMILES string of the molecule is CCOC(=O)c1nn(-c2cccc(C)c2)cc1C(=O)c1nc2ccccc2s1. The second-order valence-electron chi connectivity index (χ2n) is 6.21. The minimum absolute atomic E-state index is 0.00684. The quantitative estimate of drug-likeness (QED) is 0.377. The molecule has 0 amide bonds. The number of ether oxygens (including phenoxy) is 1. The summed E-state index contributed by atoms with van der Waals surface area (Å²) in [6, 6.07) is 15.2. The van der Waals surface area contributed by atoms with Gasteiger partial charge >= 0.3 is 5.97 Å². The van der Waals surface area contributed by atoms with E-state index in [1.807, 2.05) is 55.5 Å². The van der Waals surface area contributed by atoms with E-state index in [-0.39, 0.29) is 23.6 Å². The van der Waals surface area contributed by atoms with Crippen molar-refractivity contribution >= 4 is 33.3 Å². The summed E-state index contributed by atoms with van der Waals surface area (Å²) < 4.78 is 7.54. The molecular formula is C21H17N3O3S. The standard InChI is InChI=1S/C21H17N3O3S/c1-3-27-21(26)18-15(12-24(23-18)14-8-6-7-13(2)11-14)19(25)20-22-16-9-4-5-10-17(16)28-20/h4-12H,3H2,1-2H3. The molecule has 0 aliphatic heterocycles. The van der Waals surface area contributed by atoms with E-state index in [4.69, 9.17) is 4.74 Å². The molecule has 2 aromatic heterocycles. The molecule has 0 N–H and O–H groups in total. The van der Waals surface area contributed by atoms with Crippen LogP contribution in [0.4, 0.5) is 0 Å². The Hall–Kier alpha value is -3.32. The van der Waals surface area contributed by atoms with Gasteiger partial charge in [-0.25, -0.2) is 14.5 Å². The first-order chi connectivity index (χ1) is 13.6. The molecule has 0 unspecified atom stereocenters. The molecule has 2 aromatic carbocycles. The van der Waals surface area contributed by atoms with Crippen molar-refractivity contribution < 1.29 is 14.3 Å². The maximum absolute atomic E-state index is 13.1. The first-order valence-corrected chi connectivity index (χ1v) is 9.62. The summed E-state index contributed by atoms with van der Waals surface area (Å²) in [6.07, 6.45) is 1.56. The van der Waals surface area contributed by atoms with E-state index in [1.165, 1.54) is 16.0 Å². The lowest BCUT2D eigenvalue weighted by Crippen LogP contribution is -2.12. The first-order valence-electron chi connectivity index (χ1n) is 8.81. The Morgan fingerprint density at radius 1 is 1.14 bits per heavy atom. The van der Waals surface area contributed by atoms with Crippen LogP contribution in [0.15, 0.2) is 54.7 Å². The molecule has 0 saturated heterocycles. The summed E-state index contributed by atoms with van der Waals surface area (Å²) >= 11 is 1.29. The van der Waals surface area contributed by atoms with Crippen LogP contribution in [0.1, 0.15) is 38.3 Å². The van der Waals surface area contributed by atoms with Crippen LogP contribution in [0.2, 0.25) is 0 Å². The highest BCUT2D eigenvalue weighted by atomic mass is 32.1. The van der Waals surface area contributed by atoms with Gasteiger partial charge < -0.3 is 4.74 Å². The predicted octanol–water partition coefficient (Wildman–Crippen LogP) is 4.20. The van der Waals surface area contributed by atoms with Gasteiger partial charge in [-0.15, -0.1) is 11.3 Å². The van der Waals surface area contributed by atoms with Crippen LogP contribution >= 0.6 is 11.3 Å². The number of nitrogens with zero attached hydrogens (tertiary/aromatic N) is 3. The summed E-state index contributed by atoms with van der Waals surface area (Å²) in [5.41, 5.74) is 2.73. The molecular weight excluding hydrogens is 374 g/mol. The fraction of sp³-hybridized carbons (Fsp3) is 0.143. The molecule has 0 saturated carbocycles. The monoisotopic (exact) mass is 391 g/mol. The van der Waals surface area contributed by atoms with E-state index >= 15 is 0 Å². The van der Waals surface area contributed by atoms with Crippen LogP contribution < -0.4 is 0 Å². The van der Waals surface area contributed by atoms with Gasteiger partial charge in [0.15, 0.2) is 10.7 Å². The molecule has 0 aliphatic rings. The minimum atomic E-state index is -0.627. The van der Waals surface area contributed by atoms with Crippen molar-refractivity contribution in [1.29, 1.82) is 0 Å². The average molecular weight is 391 g/mol. The zero-order chi connectivity index (χ0) is 19.7. The summed E-state index contributed by atoms with van der Waals surface area (Å²) in [7, 11) is 0. The fourth-order valence-corrected chi connectivity index (χ4v) is 3.80. The lowest BCUT2D eigenvalue weighted by molar-refractivity contribution is 0.0516. The van der Waals surface area contributed by atoms with Crippen LogP contribution in [0.3, 0.4) is 0 Å². The van der Waals surface area contributed by atoms with Gasteiger partial charge in [-0.05, 0) is 43.7 Å². The number of aromatic nitrogens is 3. The number of hydrogen-bond acceptors (Lipinski definition) is 6. The Labute approximate surface area is 165 Å². The lowest BCUT2D eigenvalue weighted by atomic mass is 10.1. The lowest BCUT2D eigenvalue weighted by Gasteiger charge is -2.02. The number of ketones is 1. The van der Waals surface area contributed by atoms with Crippen LogP contribution in [-0.4, -0.2) is 33.1 Å². The number of carbonyl (C=O) groups excluding carboxylic acids is 2. The number of fused-ring (bicyclic) bond motifs is 1. The minimum Gasteiger partial charge on any atom is -0.461 e. The Balaban J connectivity index is 1.81. The third kappa shape index (κ3) is 3.32. The number of rotatable bonds is 5. The molecule has 0 aliphatic carbocycles. The van der Waals surface area contributed by atoms with Crippen LogP contribution in [0.5, 0.6) is 0 Å². The Morgan fingerprint density at radius 3 is 2.71 bits per heavy atom. The molecule has 6 nitrogen and oxygen atoms in total. The van der Waals surface area contributed by atoms with Crippen molar-refractivity contribution in [2.24, 2.45) is 0 Å². The summed E-state index contributed by atoms with van der Waals surface area (Å²) in [5.74, 6) is -0.971. The zero-order valence-electron chi connectivity index (χ0n) is 15.4. The predicted molar refractivity (Wildman–Crippen MR) is 107 cm³/mol. The van der Waals surface area contributed by atoms with Gasteiger partial charge in [0, 0.05) is 6.20 Å². The highest BCUT2D eigenvalue weighted by Crippen LogP contribution is 2.25. The van der Waals surface area contributed by atoms with Gasteiger partial charge in [-0.1, -0.05) is 24.3 Å². The van der Waals surface area contributed by atoms with Crippen molar-refractivity contribution in [3.8, 4) is 5.69 Å². The molecule has 0 spiro atoms. The normalized spacial score (nSPS) is 10.9. The largest absolute Gasteiger partial charge is 0.461 e. The topological polar surface area (TPSA) is 74.1 Å². The molecule has 7 heteroatoms. The average Bonchev–Trinajstić information content (AvgIpc) is 3.32. The number of para-hydroxylation sites is 1. The number of esters is 1. The van der Waals surface area contributed by atoms with Crippen molar-refractivity contribution in [1.82, 2.24) is 14.8 Å². The third-order valence-corrected chi connectivity index (χ3v) is 5.22. The number of hydrogen-bond donors (Lipinski definition) is 0. The van der Waals surface area contributed by atoms with Crippen molar-refractivity contribution in [3.05, 3.63) is 76.6 Å². The highest BCUT2D eigenvalue weighted by Gasteiger charge is 2.26. The van der Waals surface area contributed by atoms with Gasteiger partial charge in [-0.3, -0.25) is 4.79 Å². The smallest absolute Gasteiger partial charge is 0.359 e. The summed E-state index contributed by atoms with van der Waals surface area (Å²) in [5, 5.41) is 4.65. The van der Waals surface area contributed by atoms with Crippen molar-refractivity contribution in [2.75, 3.05) is 6.61 Å². The van der Waals surface area contributed by atoms with Gasteiger partial charge in [0.1, 0.15) is 0 Å². The molecule has 28 heavy (non-hydrogen) atoms. The molecule has 0 fully saturated rings. The highest BCUT2D eigenvalue weighted by molar-refractivity contribution is 7.20. The maximum atomic E-state index is 13.1. The Kier molecular flexibility index (Phi) is 4.75. The Morgan fingerprint density at radius 2 is 1.96 bits per heavy atom. The molecule has 0 atom stereocenters. The number of thiazole rings is 1. The van der Waals surface area contributed by atoms with Crippen molar-refractivity contribution in [3.63, 3.8) is 0 Å². The summed E-state index contributed by atoms with van der Waals surface area (Å²) in [6.45, 7) is 3.88. The van der Waals surface area contributed by atoms with Crippen LogP contribution in [-0.2, 0) is 4.74 Å². The maximum Gasteiger partial charge on any atom is 0.359 e. The van der Waals surface area contributed by atoms with E-state index < -0.39 is 5.97 Å². The molecule has 0 radical (unpaired) electrons. The van der Waals surface area contributed by atoms with Gasteiger partial charge in [0.2, 0.25) is 5.78 Å². The van der Waals surface area contributed by atoms with E-state index in [0.717, 1.165) is 21.5 Å². The second-order valence-corrected chi connectivity index (χ2v) is 7.24. The molecule has 140 valence electrons. The van der Waals surface area contributed by atoms with Gasteiger partial charge in [0.25, 0.3) is 0 Å². The van der Waals surface area contributed by atoms with Crippen LogP contribution in [0.25, 0.3) is 15.9 Å². The number of benzene rings is 2. The first kappa shape index (κ1) is 18.1. The molecule has 4 aromatic rings. The van der Waals surface area contributed by atoms with Crippen LogP contribution in [0, 0.1) is 6.92 Å². The van der Waals surface area contributed by atoms with E-state index in [2.05, 4.69) is 10.1 Å². The fourth-order valence-electron chi connectivity index (χ4n) is 2.88. The third-order valence-electron chi connectivity index (χ3n) is 4.18. The number of aryl methyl sites for hydroxylation is 1. The van der Waals surface area contributed by atoms with E-state index in [1.54, 1.807) is 13.1 Å². The molecule has 2 heterocycles.